The van der Waals surface area contributed by atoms with E-state index < -0.39 is 0 Å². The maximum atomic E-state index is 2.23. The van der Waals surface area contributed by atoms with Crippen LogP contribution in [0.4, 0.5) is 0 Å². The van der Waals surface area contributed by atoms with Gasteiger partial charge in [0.2, 0.25) is 0 Å². The Hall–Kier alpha value is -2.48. The highest BCUT2D eigenvalue weighted by molar-refractivity contribution is 5.69. The van der Waals surface area contributed by atoms with Crippen LogP contribution in [0.25, 0.3) is 11.1 Å². The summed E-state index contributed by atoms with van der Waals surface area (Å²) >= 11 is 0. The minimum Gasteiger partial charge on any atom is -0.354 e. The molecule has 0 atom stereocenters. The van der Waals surface area contributed by atoms with Crippen molar-refractivity contribution >= 4 is 11.1 Å². The first-order valence-corrected chi connectivity index (χ1v) is 8.89. The molecule has 2 heterocycles. The van der Waals surface area contributed by atoms with Gasteiger partial charge in [-0.15, -0.1) is 0 Å². The van der Waals surface area contributed by atoms with Crippen molar-refractivity contribution in [3.05, 3.63) is 83.8 Å². The van der Waals surface area contributed by atoms with E-state index in [9.17, 15) is 0 Å². The Morgan fingerprint density at radius 1 is 0.583 bits per heavy atom. The van der Waals surface area contributed by atoms with Gasteiger partial charge in [0, 0.05) is 37.9 Å². The molecule has 0 fully saturated rings. The van der Waals surface area contributed by atoms with Gasteiger partial charge in [0.05, 0.1) is 0 Å². The van der Waals surface area contributed by atoms with E-state index in [1.807, 2.05) is 0 Å². The van der Waals surface area contributed by atoms with E-state index in [1.54, 1.807) is 0 Å². The van der Waals surface area contributed by atoms with Crippen molar-refractivity contribution < 1.29 is 0 Å². The van der Waals surface area contributed by atoms with Gasteiger partial charge in [0.25, 0.3) is 0 Å². The Balaban J connectivity index is 1.83. The smallest absolute Gasteiger partial charge is 0.0216 e. The molecule has 0 aliphatic carbocycles. The normalized spacial score (nSPS) is 16.4. The topological polar surface area (TPSA) is 6.48 Å². The van der Waals surface area contributed by atoms with Crippen molar-refractivity contribution in [1.29, 1.82) is 0 Å². The van der Waals surface area contributed by atoms with Crippen LogP contribution < -0.4 is 10.4 Å². The van der Waals surface area contributed by atoms with Gasteiger partial charge >= 0.3 is 0 Å². The molecule has 0 aromatic heterocycles. The molecule has 1 aromatic carbocycles. The van der Waals surface area contributed by atoms with Gasteiger partial charge in [0.15, 0.2) is 0 Å². The van der Waals surface area contributed by atoms with Gasteiger partial charge in [0.1, 0.15) is 0 Å². The fourth-order valence-electron chi connectivity index (χ4n) is 2.97. The molecule has 2 aliphatic heterocycles. The average molecular weight is 318 g/mol. The van der Waals surface area contributed by atoms with Crippen molar-refractivity contribution in [2.45, 2.75) is 26.7 Å². The highest BCUT2D eigenvalue weighted by atomic mass is 15.1. The maximum Gasteiger partial charge on any atom is 0.0216 e. The Morgan fingerprint density at radius 2 is 0.917 bits per heavy atom. The average Bonchev–Trinajstić information content (AvgIpc) is 2.64. The zero-order chi connectivity index (χ0) is 16.8. The molecule has 2 heteroatoms. The zero-order valence-corrected chi connectivity index (χ0v) is 14.7. The monoisotopic (exact) mass is 318 g/mol. The summed E-state index contributed by atoms with van der Waals surface area (Å²) in [6.07, 6.45) is 19.8. The third kappa shape index (κ3) is 3.88. The summed E-state index contributed by atoms with van der Waals surface area (Å²) in [5, 5.41) is 2.53. The molecule has 24 heavy (non-hydrogen) atoms. The van der Waals surface area contributed by atoms with Gasteiger partial charge in [-0.1, -0.05) is 38.1 Å². The predicted octanol–water partition coefficient (Wildman–Crippen LogP) is 3.49. The molecule has 3 rings (SSSR count). The minimum atomic E-state index is 1.07. The van der Waals surface area contributed by atoms with Crippen LogP contribution in [-0.4, -0.2) is 22.9 Å². The number of rotatable bonds is 4. The quantitative estimate of drug-likeness (QED) is 0.838. The van der Waals surface area contributed by atoms with Gasteiger partial charge in [-0.25, -0.2) is 0 Å². The van der Waals surface area contributed by atoms with Crippen LogP contribution in [0.1, 0.15) is 26.7 Å². The molecule has 124 valence electrons. The molecule has 0 unspecified atom stereocenters. The largest absolute Gasteiger partial charge is 0.354 e. The Kier molecular flexibility index (Phi) is 5.37. The second-order valence-electron chi connectivity index (χ2n) is 6.23. The molecule has 0 N–H and O–H groups in total. The first-order chi connectivity index (χ1) is 11.8. The number of hydrogen-bond donors (Lipinski definition) is 0. The summed E-state index contributed by atoms with van der Waals surface area (Å²) in [6, 6.07) is 8.84. The first-order valence-electron chi connectivity index (χ1n) is 8.89. The molecule has 2 nitrogen and oxygen atoms in total. The molecular weight excluding hydrogens is 292 g/mol. The molecule has 2 aliphatic rings. The fraction of sp³-hybridized carbons (Fsp3) is 0.273. The highest BCUT2D eigenvalue weighted by Crippen LogP contribution is 2.10. The van der Waals surface area contributed by atoms with E-state index >= 15 is 0 Å². The molecule has 0 saturated heterocycles. The lowest BCUT2D eigenvalue weighted by Gasteiger charge is -2.18. The second-order valence-corrected chi connectivity index (χ2v) is 6.23. The third-order valence-electron chi connectivity index (χ3n) is 4.30. The van der Waals surface area contributed by atoms with Crippen LogP contribution in [-0.2, 0) is 0 Å². The molecule has 0 amide bonds. The van der Waals surface area contributed by atoms with E-state index in [0.717, 1.165) is 25.9 Å². The summed E-state index contributed by atoms with van der Waals surface area (Å²) < 4.78 is 0. The van der Waals surface area contributed by atoms with Crippen LogP contribution in [0.5, 0.6) is 0 Å². The molecule has 0 radical (unpaired) electrons. The van der Waals surface area contributed by atoms with Gasteiger partial charge < -0.3 is 9.80 Å². The summed E-state index contributed by atoms with van der Waals surface area (Å²) in [4.78, 5) is 4.46. The lowest BCUT2D eigenvalue weighted by Crippen LogP contribution is -2.17. The van der Waals surface area contributed by atoms with Crippen LogP contribution in [0.3, 0.4) is 0 Å². The van der Waals surface area contributed by atoms with Crippen molar-refractivity contribution in [2.75, 3.05) is 13.1 Å². The standard InChI is InChI=1S/C22H26N2/c1-3-13-23-15-9-21(10-16-23)19-5-7-20(8-6-19)22-11-17-24(14-4-2)18-12-22/h5-12,15-18H,3-4,13-14H2,1-2H3. The SMILES string of the molecule is CCCN1C=CC(=c2ccc(=C3C=CN(CCC)C=C3)cc2)C=C1. The van der Waals surface area contributed by atoms with E-state index in [1.165, 1.54) is 21.6 Å². The van der Waals surface area contributed by atoms with E-state index in [2.05, 4.69) is 97.0 Å². The summed E-state index contributed by atoms with van der Waals surface area (Å²) in [5.41, 5.74) is 2.53. The molecule has 0 saturated carbocycles. The van der Waals surface area contributed by atoms with Crippen molar-refractivity contribution in [3.63, 3.8) is 0 Å². The van der Waals surface area contributed by atoms with Crippen LogP contribution in [0.15, 0.2) is 73.4 Å². The van der Waals surface area contributed by atoms with Gasteiger partial charge in [-0.05, 0) is 58.7 Å². The summed E-state index contributed by atoms with van der Waals surface area (Å²) in [6.45, 7) is 6.55. The summed E-state index contributed by atoms with van der Waals surface area (Å²) in [5.74, 6) is 0. The number of benzene rings is 1. The Labute approximate surface area is 145 Å². The number of nitrogens with zero attached hydrogens (tertiary/aromatic N) is 2. The van der Waals surface area contributed by atoms with Crippen LogP contribution in [0, 0.1) is 0 Å². The number of hydrogen-bond acceptors (Lipinski definition) is 2. The fourth-order valence-corrected chi connectivity index (χ4v) is 2.97. The minimum absolute atomic E-state index is 1.07. The van der Waals surface area contributed by atoms with Crippen molar-refractivity contribution in [3.8, 4) is 0 Å². The maximum absolute atomic E-state index is 2.23. The van der Waals surface area contributed by atoms with E-state index in [0.29, 0.717) is 0 Å². The van der Waals surface area contributed by atoms with Crippen LogP contribution >= 0.6 is 0 Å². The first kappa shape index (κ1) is 16.4. The van der Waals surface area contributed by atoms with Gasteiger partial charge in [-0.2, -0.15) is 0 Å². The highest BCUT2D eigenvalue weighted by Gasteiger charge is 2.01. The van der Waals surface area contributed by atoms with E-state index in [-0.39, 0.29) is 0 Å². The Morgan fingerprint density at radius 3 is 1.21 bits per heavy atom. The molecular formula is C22H26N2. The van der Waals surface area contributed by atoms with Crippen molar-refractivity contribution in [1.82, 2.24) is 9.80 Å². The Bertz CT molecular complexity index is 684. The predicted molar refractivity (Wildman–Crippen MR) is 103 cm³/mol. The molecule has 0 spiro atoms. The summed E-state index contributed by atoms with van der Waals surface area (Å²) in [7, 11) is 0. The third-order valence-corrected chi connectivity index (χ3v) is 4.30. The van der Waals surface area contributed by atoms with Gasteiger partial charge in [-0.3, -0.25) is 0 Å². The van der Waals surface area contributed by atoms with Crippen molar-refractivity contribution in [2.24, 2.45) is 0 Å². The molecule has 0 bridgehead atoms. The van der Waals surface area contributed by atoms with E-state index in [4.69, 9.17) is 0 Å². The zero-order valence-electron chi connectivity index (χ0n) is 14.7. The number of allylic oxidation sites excluding steroid dienone is 4. The lowest BCUT2D eigenvalue weighted by atomic mass is 10.1. The van der Waals surface area contributed by atoms with Crippen LogP contribution in [0.2, 0.25) is 0 Å². The lowest BCUT2D eigenvalue weighted by molar-refractivity contribution is 0.499. The second kappa shape index (κ2) is 7.87. The molecule has 1 aromatic rings.